The van der Waals surface area contributed by atoms with E-state index >= 15 is 0 Å². The third-order valence-corrected chi connectivity index (χ3v) is 5.67. The summed E-state index contributed by atoms with van der Waals surface area (Å²) < 4.78 is 31.7. The van der Waals surface area contributed by atoms with Crippen LogP contribution in [0.3, 0.4) is 0 Å². The average Bonchev–Trinajstić information content (AvgIpc) is 2.80. The maximum Gasteiger partial charge on any atom is 0.311 e. The lowest BCUT2D eigenvalue weighted by Gasteiger charge is -2.28. The number of hydrogen-bond acceptors (Lipinski definition) is 4. The summed E-state index contributed by atoms with van der Waals surface area (Å²) in [6.07, 6.45) is 1.18. The summed E-state index contributed by atoms with van der Waals surface area (Å²) in [7, 11) is 1.35. The van der Waals surface area contributed by atoms with E-state index in [0.29, 0.717) is 18.5 Å². The van der Waals surface area contributed by atoms with E-state index in [0.717, 1.165) is 11.1 Å². The van der Waals surface area contributed by atoms with Crippen LogP contribution in [0.5, 0.6) is 5.75 Å². The predicted octanol–water partition coefficient (Wildman–Crippen LogP) is 6.20. The van der Waals surface area contributed by atoms with E-state index in [-0.39, 0.29) is 29.3 Å². The summed E-state index contributed by atoms with van der Waals surface area (Å²) >= 11 is 0. The van der Waals surface area contributed by atoms with Crippen molar-refractivity contribution in [3.8, 4) is 5.75 Å². The molecular weight excluding hydrogens is 412 g/mol. The van der Waals surface area contributed by atoms with Crippen molar-refractivity contribution >= 4 is 11.7 Å². The third kappa shape index (κ3) is 6.06. The predicted molar refractivity (Wildman–Crippen MR) is 120 cm³/mol. The number of carbonyl (C=O) groups is 1. The van der Waals surface area contributed by atoms with Gasteiger partial charge in [-0.3, -0.25) is 4.79 Å². The van der Waals surface area contributed by atoms with Crippen molar-refractivity contribution in [3.05, 3.63) is 95.6 Å². The lowest BCUT2D eigenvalue weighted by atomic mass is 9.85. The molecule has 0 spiro atoms. The van der Waals surface area contributed by atoms with Gasteiger partial charge in [-0.15, -0.1) is 0 Å². The highest BCUT2D eigenvalue weighted by Crippen LogP contribution is 2.34. The molecule has 0 amide bonds. The molecule has 2 N–H and O–H groups in total. The number of halogens is 2. The molecule has 3 rings (SSSR count). The number of ether oxygens (including phenoxy) is 1. The molecule has 4 nitrogen and oxygen atoms in total. The van der Waals surface area contributed by atoms with Gasteiger partial charge in [-0.2, -0.15) is 0 Å². The number of anilines is 1. The minimum absolute atomic E-state index is 0.106. The van der Waals surface area contributed by atoms with Gasteiger partial charge < -0.3 is 15.2 Å². The van der Waals surface area contributed by atoms with E-state index in [4.69, 9.17) is 4.74 Å². The molecule has 0 radical (unpaired) electrons. The van der Waals surface area contributed by atoms with Gasteiger partial charge in [0.15, 0.2) is 0 Å². The Kier molecular flexibility index (Phi) is 7.82. The van der Waals surface area contributed by atoms with Gasteiger partial charge in [-0.05, 0) is 78.4 Å². The maximum atomic E-state index is 13.4. The first-order valence-corrected chi connectivity index (χ1v) is 10.5. The Morgan fingerprint density at radius 2 is 1.41 bits per heavy atom. The van der Waals surface area contributed by atoms with Crippen molar-refractivity contribution in [2.45, 2.75) is 31.7 Å². The molecule has 2 unspecified atom stereocenters. The van der Waals surface area contributed by atoms with E-state index in [9.17, 15) is 18.7 Å². The Bertz CT molecular complexity index is 1000. The monoisotopic (exact) mass is 439 g/mol. The van der Waals surface area contributed by atoms with Crippen LogP contribution >= 0.6 is 0 Å². The van der Waals surface area contributed by atoms with Crippen LogP contribution in [0.15, 0.2) is 72.8 Å². The molecule has 3 atom stereocenters. The van der Waals surface area contributed by atoms with Crippen LogP contribution in [0, 0.1) is 17.6 Å². The number of methoxy groups -OCH3 is 1. The number of carbonyl (C=O) groups excluding carboxylic acids is 1. The zero-order chi connectivity index (χ0) is 23.1. The highest BCUT2D eigenvalue weighted by molar-refractivity contribution is 5.74. The Morgan fingerprint density at radius 3 is 1.97 bits per heavy atom. The van der Waals surface area contributed by atoms with E-state index in [1.54, 1.807) is 48.5 Å². The normalized spacial score (nSPS) is 13.8. The summed E-state index contributed by atoms with van der Waals surface area (Å²) in [6.45, 7) is 2.03. The summed E-state index contributed by atoms with van der Waals surface area (Å²) in [5.41, 5.74) is 2.43. The van der Waals surface area contributed by atoms with Crippen LogP contribution < -0.4 is 5.32 Å². The first-order valence-electron chi connectivity index (χ1n) is 10.5. The molecule has 3 aromatic rings. The van der Waals surface area contributed by atoms with E-state index in [2.05, 4.69) is 5.32 Å². The fourth-order valence-electron chi connectivity index (χ4n) is 3.78. The van der Waals surface area contributed by atoms with Gasteiger partial charge in [0.25, 0.3) is 0 Å². The fraction of sp³-hybridized carbons (Fsp3) is 0.269. The first-order chi connectivity index (χ1) is 15.4. The van der Waals surface area contributed by atoms with Crippen molar-refractivity contribution in [1.82, 2.24) is 0 Å². The van der Waals surface area contributed by atoms with Gasteiger partial charge in [-0.1, -0.05) is 31.2 Å². The molecule has 0 aromatic heterocycles. The molecule has 0 aliphatic heterocycles. The fourth-order valence-corrected chi connectivity index (χ4v) is 3.78. The number of phenols is 1. The summed E-state index contributed by atoms with van der Waals surface area (Å²) in [5, 5.41) is 13.0. The first kappa shape index (κ1) is 23.3. The number of esters is 1. The van der Waals surface area contributed by atoms with Crippen LogP contribution in [0.2, 0.25) is 0 Å². The molecule has 3 aromatic carbocycles. The van der Waals surface area contributed by atoms with Crippen LogP contribution in [-0.4, -0.2) is 18.2 Å². The topological polar surface area (TPSA) is 58.6 Å². The van der Waals surface area contributed by atoms with Crippen molar-refractivity contribution in [2.75, 3.05) is 12.4 Å². The lowest BCUT2D eigenvalue weighted by Crippen LogP contribution is -2.29. The highest BCUT2D eigenvalue weighted by Gasteiger charge is 2.31. The number of aromatic hydroxyl groups is 1. The quantitative estimate of drug-likeness (QED) is 0.390. The molecule has 0 heterocycles. The minimum Gasteiger partial charge on any atom is -0.508 e. The molecular formula is C26H27F2NO3. The molecule has 168 valence electrons. The van der Waals surface area contributed by atoms with Gasteiger partial charge in [0.2, 0.25) is 0 Å². The molecule has 32 heavy (non-hydrogen) atoms. The largest absolute Gasteiger partial charge is 0.508 e. The molecule has 0 fully saturated rings. The average molecular weight is 440 g/mol. The van der Waals surface area contributed by atoms with Crippen molar-refractivity contribution in [1.29, 1.82) is 0 Å². The third-order valence-electron chi connectivity index (χ3n) is 5.67. The Balaban J connectivity index is 1.87. The number of phenolic OH excluding ortho intramolecular Hbond substituents is 1. The lowest BCUT2D eigenvalue weighted by molar-refractivity contribution is -0.146. The molecule has 0 saturated carbocycles. The van der Waals surface area contributed by atoms with Gasteiger partial charge >= 0.3 is 5.97 Å². The minimum atomic E-state index is -0.544. The molecule has 0 saturated heterocycles. The van der Waals surface area contributed by atoms with E-state index < -0.39 is 12.0 Å². The van der Waals surface area contributed by atoms with Crippen LogP contribution in [-0.2, 0) is 9.53 Å². The second-order valence-corrected chi connectivity index (χ2v) is 7.88. The molecule has 0 bridgehead atoms. The number of benzene rings is 3. The van der Waals surface area contributed by atoms with Gasteiger partial charge in [0, 0.05) is 5.69 Å². The van der Waals surface area contributed by atoms with Gasteiger partial charge in [-0.25, -0.2) is 8.78 Å². The Labute approximate surface area is 186 Å². The van der Waals surface area contributed by atoms with E-state index in [1.165, 1.54) is 31.4 Å². The summed E-state index contributed by atoms with van der Waals surface area (Å²) in [5.74, 6) is -1.33. The SMILES string of the molecule is COC(=O)C(CCC(C)c1ccc(F)cc1)[C@H](Nc1ccc(F)cc1)c1ccc(O)cc1. The second kappa shape index (κ2) is 10.8. The van der Waals surface area contributed by atoms with Crippen LogP contribution in [0.25, 0.3) is 0 Å². The van der Waals surface area contributed by atoms with Crippen molar-refractivity contribution in [2.24, 2.45) is 5.92 Å². The van der Waals surface area contributed by atoms with E-state index in [1.807, 2.05) is 6.92 Å². The zero-order valence-electron chi connectivity index (χ0n) is 18.1. The summed E-state index contributed by atoms with van der Waals surface area (Å²) in [6, 6.07) is 18.4. The molecule has 6 heteroatoms. The standard InChI is InChI=1S/C26H27F2NO3/c1-17(18-4-8-20(27)9-5-18)3-16-24(26(31)32-2)25(19-6-14-23(30)15-7-19)29-22-12-10-21(28)11-13-22/h4-15,17,24-25,29-30H,3,16H2,1-2H3/t17?,24?,25-/m1/s1. The maximum absolute atomic E-state index is 13.4. The van der Waals surface area contributed by atoms with Gasteiger partial charge in [0.05, 0.1) is 19.1 Å². The zero-order valence-corrected chi connectivity index (χ0v) is 18.1. The highest BCUT2D eigenvalue weighted by atomic mass is 19.1. The number of nitrogens with one attached hydrogen (secondary N) is 1. The second-order valence-electron chi connectivity index (χ2n) is 7.88. The van der Waals surface area contributed by atoms with Crippen molar-refractivity contribution < 1.29 is 23.4 Å². The van der Waals surface area contributed by atoms with Crippen LogP contribution in [0.4, 0.5) is 14.5 Å². The van der Waals surface area contributed by atoms with Crippen molar-refractivity contribution in [3.63, 3.8) is 0 Å². The number of hydrogen-bond donors (Lipinski definition) is 2. The van der Waals surface area contributed by atoms with Gasteiger partial charge in [0.1, 0.15) is 17.4 Å². The summed E-state index contributed by atoms with van der Waals surface area (Å²) in [4.78, 5) is 12.8. The molecule has 0 aliphatic rings. The van der Waals surface area contributed by atoms with Crippen LogP contribution in [0.1, 0.15) is 42.9 Å². The smallest absolute Gasteiger partial charge is 0.311 e. The molecule has 0 aliphatic carbocycles. The Hall–Kier alpha value is -3.41. The Morgan fingerprint density at radius 1 is 0.875 bits per heavy atom. The number of rotatable bonds is 9.